The van der Waals surface area contributed by atoms with E-state index in [4.69, 9.17) is 18.9 Å². The monoisotopic (exact) mass is 649 g/mol. The molecule has 2 aromatic rings. The molecule has 0 bridgehead atoms. The average Bonchev–Trinajstić information content (AvgIpc) is 3.34. The summed E-state index contributed by atoms with van der Waals surface area (Å²) in [5.74, 6) is -1.11. The lowest BCUT2D eigenvalue weighted by Crippen LogP contribution is -2.59. The Morgan fingerprint density at radius 1 is 1.00 bits per heavy atom. The number of rotatable bonds is 10. The molecule has 0 radical (unpaired) electrons. The number of esters is 1. The maximum atomic E-state index is 14.6. The van der Waals surface area contributed by atoms with E-state index in [9.17, 15) is 19.2 Å². The number of methoxy groups -OCH3 is 3. The number of amides is 3. The van der Waals surface area contributed by atoms with Crippen LogP contribution < -0.4 is 15.4 Å². The first-order valence-corrected chi connectivity index (χ1v) is 16.2. The van der Waals surface area contributed by atoms with E-state index in [2.05, 4.69) is 17.2 Å². The van der Waals surface area contributed by atoms with Gasteiger partial charge in [-0.2, -0.15) is 0 Å². The summed E-state index contributed by atoms with van der Waals surface area (Å²) in [4.78, 5) is 56.2. The maximum absolute atomic E-state index is 14.6. The molecule has 3 fully saturated rings. The third kappa shape index (κ3) is 6.68. The van der Waals surface area contributed by atoms with E-state index in [0.29, 0.717) is 6.42 Å². The van der Waals surface area contributed by atoms with Crippen LogP contribution in [0.2, 0.25) is 0 Å². The normalized spacial score (nSPS) is 26.4. The molecule has 0 spiro atoms. The summed E-state index contributed by atoms with van der Waals surface area (Å²) in [7, 11) is 4.45. The van der Waals surface area contributed by atoms with Gasteiger partial charge in [-0.3, -0.25) is 9.59 Å². The van der Waals surface area contributed by atoms with Crippen LogP contribution in [0.4, 0.5) is 4.79 Å². The standard InChI is InChI=1S/C36H47N3O8/c1-8-24-19-36(24,32(42)45-6)38-30(40)28-20-35(46-7,25-15-13-23-18-27(44-5)16-14-22(23)17-25)21-39(28)31(41)29(34(2,3)4)37-33(43)47-26-11-9-10-12-26/h8,13-18,24,26,28-29H,1,9-12,19-21H2,2-7H3,(H,37,43)(H,38,40)/t24-,28-,29+,35-,36+/m0/s1. The van der Waals surface area contributed by atoms with Gasteiger partial charge in [-0.05, 0) is 72.1 Å². The fraction of sp³-hybridized carbons (Fsp3) is 0.556. The third-order valence-electron chi connectivity index (χ3n) is 10.0. The lowest BCUT2D eigenvalue weighted by molar-refractivity contribution is -0.148. The Labute approximate surface area is 276 Å². The summed E-state index contributed by atoms with van der Waals surface area (Å²) < 4.78 is 22.3. The largest absolute Gasteiger partial charge is 0.497 e. The summed E-state index contributed by atoms with van der Waals surface area (Å²) >= 11 is 0. The SMILES string of the molecule is C=C[C@H]1C[C@]1(NC(=O)[C@@H]1C[C@@](OC)(c2ccc3cc(OC)ccc3c2)CN1C(=O)[C@@H](NC(=O)OC1CCCC1)C(C)(C)C)C(=O)OC. The van der Waals surface area contributed by atoms with Crippen molar-refractivity contribution >= 4 is 34.6 Å². The van der Waals surface area contributed by atoms with Crippen LogP contribution in [-0.4, -0.2) is 80.4 Å². The number of fused-ring (bicyclic) bond motifs is 1. The predicted molar refractivity (Wildman–Crippen MR) is 176 cm³/mol. The van der Waals surface area contributed by atoms with Gasteiger partial charge in [0.15, 0.2) is 0 Å². The number of nitrogens with zero attached hydrogens (tertiary/aromatic N) is 1. The summed E-state index contributed by atoms with van der Waals surface area (Å²) in [6.07, 6.45) is 4.79. The van der Waals surface area contributed by atoms with E-state index >= 15 is 0 Å². The Morgan fingerprint density at radius 2 is 1.68 bits per heavy atom. The van der Waals surface area contributed by atoms with Crippen molar-refractivity contribution in [3.8, 4) is 5.75 Å². The fourth-order valence-corrected chi connectivity index (χ4v) is 7.06. The van der Waals surface area contributed by atoms with Crippen LogP contribution in [0.5, 0.6) is 5.75 Å². The quantitative estimate of drug-likeness (QED) is 0.282. The zero-order valence-electron chi connectivity index (χ0n) is 28.2. The van der Waals surface area contributed by atoms with Gasteiger partial charge in [-0.15, -0.1) is 6.58 Å². The highest BCUT2D eigenvalue weighted by Gasteiger charge is 2.62. The molecule has 1 saturated heterocycles. The maximum Gasteiger partial charge on any atom is 0.408 e. The van der Waals surface area contributed by atoms with Crippen LogP contribution in [0.25, 0.3) is 10.8 Å². The first kappa shape index (κ1) is 34.2. The fourth-order valence-electron chi connectivity index (χ4n) is 7.06. The molecule has 5 rings (SSSR count). The highest BCUT2D eigenvalue weighted by molar-refractivity contribution is 5.97. The van der Waals surface area contributed by atoms with Gasteiger partial charge in [0, 0.05) is 19.4 Å². The van der Waals surface area contributed by atoms with Crippen molar-refractivity contribution in [1.82, 2.24) is 15.5 Å². The number of likely N-dealkylation sites (tertiary alicyclic amines) is 1. The van der Waals surface area contributed by atoms with Gasteiger partial charge in [0.25, 0.3) is 0 Å². The first-order valence-electron chi connectivity index (χ1n) is 16.2. The van der Waals surface area contributed by atoms with Gasteiger partial charge in [0.1, 0.15) is 35.1 Å². The Bertz CT molecular complexity index is 1550. The van der Waals surface area contributed by atoms with Gasteiger partial charge in [-0.25, -0.2) is 9.59 Å². The van der Waals surface area contributed by atoms with Crippen molar-refractivity contribution in [1.29, 1.82) is 0 Å². The minimum absolute atomic E-state index is 0.0319. The number of carbonyl (C=O) groups is 4. The summed E-state index contributed by atoms with van der Waals surface area (Å²) in [5.41, 5.74) is -2.27. The van der Waals surface area contributed by atoms with Crippen molar-refractivity contribution in [2.45, 2.75) is 88.6 Å². The van der Waals surface area contributed by atoms with Crippen molar-refractivity contribution in [2.24, 2.45) is 11.3 Å². The van der Waals surface area contributed by atoms with Gasteiger partial charge < -0.3 is 34.5 Å². The van der Waals surface area contributed by atoms with Gasteiger partial charge in [-0.1, -0.05) is 45.0 Å². The molecule has 2 aromatic carbocycles. The lowest BCUT2D eigenvalue weighted by atomic mass is 9.85. The molecule has 47 heavy (non-hydrogen) atoms. The smallest absolute Gasteiger partial charge is 0.408 e. The molecule has 3 amide bonds. The number of ether oxygens (including phenoxy) is 4. The molecule has 0 unspecified atom stereocenters. The van der Waals surface area contributed by atoms with E-state index in [1.165, 1.54) is 12.0 Å². The number of alkyl carbamates (subject to hydrolysis) is 1. The molecular weight excluding hydrogens is 602 g/mol. The van der Waals surface area contributed by atoms with Crippen molar-refractivity contribution in [2.75, 3.05) is 27.9 Å². The molecule has 254 valence electrons. The first-order chi connectivity index (χ1) is 22.3. The van der Waals surface area contributed by atoms with Crippen LogP contribution in [0.3, 0.4) is 0 Å². The highest BCUT2D eigenvalue weighted by Crippen LogP contribution is 2.47. The Morgan fingerprint density at radius 3 is 2.28 bits per heavy atom. The topological polar surface area (TPSA) is 132 Å². The molecule has 1 aliphatic heterocycles. The lowest BCUT2D eigenvalue weighted by Gasteiger charge is -2.36. The number of benzene rings is 2. The summed E-state index contributed by atoms with van der Waals surface area (Å²) in [6.45, 7) is 9.39. The van der Waals surface area contributed by atoms with Crippen molar-refractivity contribution in [3.63, 3.8) is 0 Å². The van der Waals surface area contributed by atoms with Crippen LogP contribution in [0.1, 0.15) is 64.9 Å². The second-order valence-electron chi connectivity index (χ2n) is 14.1. The van der Waals surface area contributed by atoms with Crippen LogP contribution in [-0.2, 0) is 34.2 Å². The Hall–Kier alpha value is -4.12. The molecule has 2 N–H and O–H groups in total. The molecule has 2 saturated carbocycles. The number of carbonyl (C=O) groups excluding carboxylic acids is 4. The zero-order valence-corrected chi connectivity index (χ0v) is 28.2. The summed E-state index contributed by atoms with van der Waals surface area (Å²) in [5, 5.41) is 7.62. The molecule has 2 aliphatic carbocycles. The van der Waals surface area contributed by atoms with Crippen LogP contribution >= 0.6 is 0 Å². The Balaban J connectivity index is 1.50. The molecule has 11 nitrogen and oxygen atoms in total. The number of hydrogen-bond acceptors (Lipinski definition) is 8. The average molecular weight is 650 g/mol. The molecule has 0 aromatic heterocycles. The van der Waals surface area contributed by atoms with Gasteiger partial charge in [0.05, 0.1) is 20.8 Å². The summed E-state index contributed by atoms with van der Waals surface area (Å²) in [6, 6.07) is 9.58. The van der Waals surface area contributed by atoms with E-state index in [0.717, 1.165) is 47.8 Å². The molecule has 3 aliphatic rings. The number of hydrogen-bond donors (Lipinski definition) is 2. The molecule has 1 heterocycles. The second kappa shape index (κ2) is 13.2. The van der Waals surface area contributed by atoms with E-state index in [1.54, 1.807) is 20.3 Å². The van der Waals surface area contributed by atoms with Gasteiger partial charge in [0.2, 0.25) is 11.8 Å². The van der Waals surface area contributed by atoms with Crippen molar-refractivity contribution in [3.05, 3.63) is 54.6 Å². The molecule has 5 atom stereocenters. The van der Waals surface area contributed by atoms with E-state index in [1.807, 2.05) is 57.2 Å². The highest BCUT2D eigenvalue weighted by atomic mass is 16.6. The van der Waals surface area contributed by atoms with E-state index in [-0.39, 0.29) is 25.0 Å². The second-order valence-corrected chi connectivity index (χ2v) is 14.1. The van der Waals surface area contributed by atoms with E-state index < -0.39 is 52.5 Å². The predicted octanol–water partition coefficient (Wildman–Crippen LogP) is 4.61. The van der Waals surface area contributed by atoms with Crippen LogP contribution in [0.15, 0.2) is 49.1 Å². The van der Waals surface area contributed by atoms with Gasteiger partial charge >= 0.3 is 12.1 Å². The van der Waals surface area contributed by atoms with Crippen molar-refractivity contribution < 1.29 is 38.1 Å². The van der Waals surface area contributed by atoms with Crippen LogP contribution in [0, 0.1) is 11.3 Å². The third-order valence-corrected chi connectivity index (χ3v) is 10.0. The number of nitrogens with one attached hydrogen (secondary N) is 2. The Kier molecular flexibility index (Phi) is 9.59. The molecule has 11 heteroatoms. The molecular formula is C36H47N3O8. The zero-order chi connectivity index (χ0) is 34.1. The minimum Gasteiger partial charge on any atom is -0.497 e. The minimum atomic E-state index is -1.25.